The van der Waals surface area contributed by atoms with E-state index in [4.69, 9.17) is 23.2 Å². The molecule has 1 aliphatic heterocycles. The fourth-order valence-corrected chi connectivity index (χ4v) is 4.47. The number of hydrogen-bond donors (Lipinski definition) is 1. The highest BCUT2D eigenvalue weighted by molar-refractivity contribution is 6.35. The van der Waals surface area contributed by atoms with Gasteiger partial charge in [0, 0.05) is 28.1 Å². The zero-order valence-corrected chi connectivity index (χ0v) is 19.0. The third-order valence-electron chi connectivity index (χ3n) is 6.06. The molecule has 156 valence electrons. The number of nitrogens with zero attached hydrogens (tertiary/aromatic N) is 1. The Labute approximate surface area is 184 Å². The molecule has 1 atom stereocenters. The molecule has 29 heavy (non-hydrogen) atoms. The number of halogens is 2. The molecular weight excluding hydrogens is 403 g/mol. The molecule has 0 aromatic heterocycles. The summed E-state index contributed by atoms with van der Waals surface area (Å²) in [5.41, 5.74) is 4.71. The molecule has 0 aliphatic carbocycles. The standard InChI is InChI=1S/C24H30Cl2N2O/c1-4-23(19-9-8-16(2)17(3)14-19)27-24(29)18-10-12-28(13-11-18)15-20-21(25)6-5-7-22(20)26/h5-9,14,18,23H,4,10-13,15H2,1-3H3,(H,27,29). The van der Waals surface area contributed by atoms with Crippen LogP contribution in [0.25, 0.3) is 0 Å². The Morgan fingerprint density at radius 2 is 1.76 bits per heavy atom. The van der Waals surface area contributed by atoms with Gasteiger partial charge in [-0.15, -0.1) is 0 Å². The summed E-state index contributed by atoms with van der Waals surface area (Å²) >= 11 is 12.6. The minimum absolute atomic E-state index is 0.0635. The smallest absolute Gasteiger partial charge is 0.223 e. The summed E-state index contributed by atoms with van der Waals surface area (Å²) in [7, 11) is 0. The number of benzene rings is 2. The van der Waals surface area contributed by atoms with Gasteiger partial charge in [0.1, 0.15) is 0 Å². The topological polar surface area (TPSA) is 32.3 Å². The van der Waals surface area contributed by atoms with Crippen LogP contribution in [0.5, 0.6) is 0 Å². The fraction of sp³-hybridized carbons (Fsp3) is 0.458. The molecule has 0 saturated carbocycles. The van der Waals surface area contributed by atoms with Crippen LogP contribution in [-0.2, 0) is 11.3 Å². The average Bonchev–Trinajstić information content (AvgIpc) is 2.71. The van der Waals surface area contributed by atoms with Gasteiger partial charge < -0.3 is 5.32 Å². The molecule has 0 radical (unpaired) electrons. The van der Waals surface area contributed by atoms with Crippen LogP contribution in [0.15, 0.2) is 36.4 Å². The van der Waals surface area contributed by atoms with Crippen molar-refractivity contribution in [3.8, 4) is 0 Å². The van der Waals surface area contributed by atoms with E-state index >= 15 is 0 Å². The molecule has 1 aliphatic rings. The van der Waals surface area contributed by atoms with Crippen molar-refractivity contribution in [2.45, 2.75) is 52.6 Å². The summed E-state index contributed by atoms with van der Waals surface area (Å²) in [5.74, 6) is 0.235. The molecule has 2 aromatic carbocycles. The van der Waals surface area contributed by atoms with Crippen molar-refractivity contribution in [2.75, 3.05) is 13.1 Å². The molecule has 5 heteroatoms. The monoisotopic (exact) mass is 432 g/mol. The predicted molar refractivity (Wildman–Crippen MR) is 122 cm³/mol. The van der Waals surface area contributed by atoms with Gasteiger partial charge in [0.25, 0.3) is 0 Å². The maximum atomic E-state index is 12.9. The Hall–Kier alpha value is -1.55. The highest BCUT2D eigenvalue weighted by Gasteiger charge is 2.27. The van der Waals surface area contributed by atoms with Crippen molar-refractivity contribution >= 4 is 29.1 Å². The van der Waals surface area contributed by atoms with Crippen molar-refractivity contribution in [1.82, 2.24) is 10.2 Å². The van der Waals surface area contributed by atoms with Gasteiger partial charge in [-0.05, 0) is 75.0 Å². The number of carbonyl (C=O) groups is 1. The first kappa shape index (κ1) is 22.1. The molecule has 1 N–H and O–H groups in total. The Morgan fingerprint density at radius 3 is 2.34 bits per heavy atom. The maximum Gasteiger partial charge on any atom is 0.223 e. The summed E-state index contributed by atoms with van der Waals surface area (Å²) in [6.45, 7) is 8.83. The van der Waals surface area contributed by atoms with E-state index < -0.39 is 0 Å². The molecule has 1 heterocycles. The van der Waals surface area contributed by atoms with Gasteiger partial charge in [0.15, 0.2) is 0 Å². The summed E-state index contributed by atoms with van der Waals surface area (Å²) in [4.78, 5) is 15.2. The maximum absolute atomic E-state index is 12.9. The van der Waals surface area contributed by atoms with Gasteiger partial charge >= 0.3 is 0 Å². The van der Waals surface area contributed by atoms with Gasteiger partial charge in [-0.3, -0.25) is 9.69 Å². The van der Waals surface area contributed by atoms with Crippen LogP contribution in [0.2, 0.25) is 10.0 Å². The van der Waals surface area contributed by atoms with Crippen LogP contribution in [0.1, 0.15) is 54.5 Å². The first-order chi connectivity index (χ1) is 13.9. The number of likely N-dealkylation sites (tertiary alicyclic amines) is 1. The van der Waals surface area contributed by atoms with Crippen molar-refractivity contribution in [3.05, 3.63) is 68.7 Å². The number of carbonyl (C=O) groups excluding carboxylic acids is 1. The summed E-state index contributed by atoms with van der Waals surface area (Å²) in [5, 5.41) is 4.69. The van der Waals surface area contributed by atoms with Crippen molar-refractivity contribution in [3.63, 3.8) is 0 Å². The number of piperidine rings is 1. The zero-order valence-electron chi connectivity index (χ0n) is 17.5. The molecule has 2 aromatic rings. The van der Waals surface area contributed by atoms with E-state index in [-0.39, 0.29) is 17.9 Å². The Kier molecular flexibility index (Phi) is 7.61. The second kappa shape index (κ2) is 9.97. The van der Waals surface area contributed by atoms with Crippen molar-refractivity contribution in [1.29, 1.82) is 0 Å². The number of nitrogens with one attached hydrogen (secondary N) is 1. The van der Waals surface area contributed by atoms with Gasteiger partial charge in [0.05, 0.1) is 6.04 Å². The van der Waals surface area contributed by atoms with E-state index in [9.17, 15) is 4.79 Å². The molecule has 3 rings (SSSR count). The quantitative estimate of drug-likeness (QED) is 0.598. The lowest BCUT2D eigenvalue weighted by molar-refractivity contribution is -0.127. The van der Waals surface area contributed by atoms with Crippen LogP contribution in [0.3, 0.4) is 0 Å². The molecule has 1 amide bonds. The van der Waals surface area contributed by atoms with Crippen LogP contribution < -0.4 is 5.32 Å². The van der Waals surface area contributed by atoms with Crippen LogP contribution in [0, 0.1) is 19.8 Å². The van der Waals surface area contributed by atoms with Crippen LogP contribution >= 0.6 is 23.2 Å². The van der Waals surface area contributed by atoms with Crippen molar-refractivity contribution in [2.24, 2.45) is 5.92 Å². The minimum atomic E-state index is 0.0635. The van der Waals surface area contributed by atoms with E-state index in [2.05, 4.69) is 49.2 Å². The molecule has 0 spiro atoms. The number of hydrogen-bond acceptors (Lipinski definition) is 2. The first-order valence-corrected chi connectivity index (χ1v) is 11.2. The second-order valence-electron chi connectivity index (χ2n) is 8.06. The Morgan fingerprint density at radius 1 is 1.10 bits per heavy atom. The largest absolute Gasteiger partial charge is 0.349 e. The highest BCUT2D eigenvalue weighted by Crippen LogP contribution is 2.28. The van der Waals surface area contributed by atoms with Gasteiger partial charge in [0.2, 0.25) is 5.91 Å². The van der Waals surface area contributed by atoms with E-state index in [0.717, 1.165) is 44.5 Å². The predicted octanol–water partition coefficient (Wildman–Crippen LogP) is 6.09. The van der Waals surface area contributed by atoms with Gasteiger partial charge in [-0.2, -0.15) is 0 Å². The van der Waals surface area contributed by atoms with Crippen molar-refractivity contribution < 1.29 is 4.79 Å². The Bertz CT molecular complexity index is 840. The van der Waals surface area contributed by atoms with Gasteiger partial charge in [-0.1, -0.05) is 54.4 Å². The molecule has 1 unspecified atom stereocenters. The van der Waals surface area contributed by atoms with E-state index in [1.54, 1.807) is 0 Å². The minimum Gasteiger partial charge on any atom is -0.349 e. The highest BCUT2D eigenvalue weighted by atomic mass is 35.5. The lowest BCUT2D eigenvalue weighted by atomic mass is 9.94. The lowest BCUT2D eigenvalue weighted by Gasteiger charge is -2.32. The molecule has 1 saturated heterocycles. The molecule has 3 nitrogen and oxygen atoms in total. The molecular formula is C24H30Cl2N2O. The summed E-state index contributed by atoms with van der Waals surface area (Å²) < 4.78 is 0. The third-order valence-corrected chi connectivity index (χ3v) is 6.77. The van der Waals surface area contributed by atoms with E-state index in [1.165, 1.54) is 16.7 Å². The van der Waals surface area contributed by atoms with E-state index in [0.29, 0.717) is 10.0 Å². The summed E-state index contributed by atoms with van der Waals surface area (Å²) in [6.07, 6.45) is 2.60. The number of amides is 1. The SMILES string of the molecule is CCC(NC(=O)C1CCN(Cc2c(Cl)cccc2Cl)CC1)c1ccc(C)c(C)c1. The van der Waals surface area contributed by atoms with E-state index in [1.807, 2.05) is 18.2 Å². The van der Waals surface area contributed by atoms with Crippen LogP contribution in [-0.4, -0.2) is 23.9 Å². The summed E-state index contributed by atoms with van der Waals surface area (Å²) in [6, 6.07) is 12.2. The Balaban J connectivity index is 1.56. The second-order valence-corrected chi connectivity index (χ2v) is 8.88. The number of aryl methyl sites for hydroxylation is 2. The van der Waals surface area contributed by atoms with Crippen LogP contribution in [0.4, 0.5) is 0 Å². The zero-order chi connectivity index (χ0) is 21.0. The van der Waals surface area contributed by atoms with Gasteiger partial charge in [-0.25, -0.2) is 0 Å². The fourth-order valence-electron chi connectivity index (χ4n) is 3.95. The molecule has 1 fully saturated rings. The third kappa shape index (κ3) is 5.53. The average molecular weight is 433 g/mol. The molecule has 0 bridgehead atoms. The normalized spacial score (nSPS) is 16.6. The lowest BCUT2D eigenvalue weighted by Crippen LogP contribution is -2.41. The number of rotatable bonds is 6. The first-order valence-electron chi connectivity index (χ1n) is 10.4.